The summed E-state index contributed by atoms with van der Waals surface area (Å²) < 4.78 is 189. The lowest BCUT2D eigenvalue weighted by atomic mass is 9.29. The Hall–Kier alpha value is -7.83. The standard InChI is InChI=1S/C48H21B2F12NO6/c51-45(52,53)22-16-23(46(54,55)56)19-26(18-22)66-43(64)28-12-14-34-38-41(28)68-36-10-3-1-6-30(36)49(38)32-8-5-9-33-40(32)63(34)35-15-13-29(42-39(35)50(33)31-7-2-4-11-37(31)69-42)44(65)67-27-20-24(47(57,58)59)17-25(21-27)48(60,61)62/h1-21H. The molecule has 0 aromatic heterocycles. The van der Waals surface area contributed by atoms with E-state index in [0.717, 1.165) is 0 Å². The summed E-state index contributed by atoms with van der Waals surface area (Å²) in [6, 6.07) is 25.3. The molecule has 69 heavy (non-hydrogen) atoms. The quantitative estimate of drug-likeness (QED) is 0.0754. The van der Waals surface area contributed by atoms with E-state index in [1.165, 1.54) is 24.3 Å². The number of halogens is 12. The second-order valence-electron chi connectivity index (χ2n) is 16.3. The number of hydrogen-bond donors (Lipinski definition) is 0. The predicted molar refractivity (Wildman–Crippen MR) is 226 cm³/mol. The normalized spacial score (nSPS) is 14.1. The molecule has 7 aromatic carbocycles. The van der Waals surface area contributed by atoms with E-state index in [9.17, 15) is 62.3 Å². The van der Waals surface area contributed by atoms with Crippen LogP contribution >= 0.6 is 0 Å². The van der Waals surface area contributed by atoms with Crippen LogP contribution in [0.25, 0.3) is 0 Å². The fraction of sp³-hybridized carbons (Fsp3) is 0.0833. The van der Waals surface area contributed by atoms with Crippen molar-refractivity contribution in [3.8, 4) is 34.5 Å². The third-order valence-corrected chi connectivity index (χ3v) is 12.2. The van der Waals surface area contributed by atoms with Crippen LogP contribution in [-0.2, 0) is 24.7 Å². The topological polar surface area (TPSA) is 74.3 Å². The van der Waals surface area contributed by atoms with E-state index in [0.29, 0.717) is 49.8 Å². The molecule has 344 valence electrons. The van der Waals surface area contributed by atoms with Gasteiger partial charge in [0.1, 0.15) is 45.6 Å². The summed E-state index contributed by atoms with van der Waals surface area (Å²) >= 11 is 0. The van der Waals surface area contributed by atoms with E-state index < -0.39 is 83.8 Å². The van der Waals surface area contributed by atoms with E-state index in [4.69, 9.17) is 18.9 Å². The summed E-state index contributed by atoms with van der Waals surface area (Å²) in [5.41, 5.74) is -3.04. The van der Waals surface area contributed by atoms with Crippen LogP contribution in [0.15, 0.2) is 127 Å². The molecule has 0 saturated heterocycles. The average molecular weight is 957 g/mol. The largest absolute Gasteiger partial charge is 0.457 e. The summed E-state index contributed by atoms with van der Waals surface area (Å²) in [6.45, 7) is -1.44. The van der Waals surface area contributed by atoms with Crippen molar-refractivity contribution in [3.05, 3.63) is 161 Å². The molecule has 0 amide bonds. The summed E-state index contributed by atoms with van der Waals surface area (Å²) in [6.07, 6.45) is -21.0. The molecule has 4 heterocycles. The van der Waals surface area contributed by atoms with Gasteiger partial charge in [-0.25, -0.2) is 9.59 Å². The van der Waals surface area contributed by atoms with Crippen molar-refractivity contribution < 1.29 is 81.2 Å². The highest BCUT2D eigenvalue weighted by Crippen LogP contribution is 2.47. The smallest absolute Gasteiger partial charge is 0.416 e. The molecule has 0 bridgehead atoms. The highest BCUT2D eigenvalue weighted by Gasteiger charge is 2.51. The van der Waals surface area contributed by atoms with Crippen molar-refractivity contribution in [3.63, 3.8) is 0 Å². The fourth-order valence-corrected chi connectivity index (χ4v) is 9.44. The van der Waals surface area contributed by atoms with Gasteiger partial charge in [-0.1, -0.05) is 54.6 Å². The van der Waals surface area contributed by atoms with Crippen LogP contribution in [0.2, 0.25) is 0 Å². The number of esters is 2. The maximum absolute atomic E-state index is 14.1. The summed E-state index contributed by atoms with van der Waals surface area (Å²) in [4.78, 5) is 29.9. The van der Waals surface area contributed by atoms with Crippen LogP contribution < -0.4 is 56.6 Å². The molecular weight excluding hydrogens is 936 g/mol. The van der Waals surface area contributed by atoms with Gasteiger partial charge in [-0.2, -0.15) is 52.7 Å². The molecule has 0 N–H and O–H groups in total. The van der Waals surface area contributed by atoms with Gasteiger partial charge >= 0.3 is 36.6 Å². The number of nitrogens with zero attached hydrogens (tertiary/aromatic N) is 1. The van der Waals surface area contributed by atoms with E-state index in [1.54, 1.807) is 59.5 Å². The summed E-state index contributed by atoms with van der Waals surface area (Å²) in [5, 5.41) is 0. The molecule has 0 saturated carbocycles. The molecule has 0 aliphatic carbocycles. The molecular formula is C48H21B2F12NO6. The summed E-state index contributed by atoms with van der Waals surface area (Å²) in [5.74, 6) is -4.55. The van der Waals surface area contributed by atoms with Gasteiger partial charge in [0.2, 0.25) is 0 Å². The first-order valence-corrected chi connectivity index (χ1v) is 20.4. The van der Waals surface area contributed by atoms with Gasteiger partial charge in [-0.05, 0) is 106 Å². The molecule has 0 unspecified atom stereocenters. The Balaban J connectivity index is 1.08. The van der Waals surface area contributed by atoms with E-state index in [-0.39, 0.29) is 70.5 Å². The zero-order valence-electron chi connectivity index (χ0n) is 34.2. The van der Waals surface area contributed by atoms with E-state index >= 15 is 0 Å². The van der Waals surface area contributed by atoms with Crippen molar-refractivity contribution in [2.75, 3.05) is 4.90 Å². The number of anilines is 3. The molecule has 21 heteroatoms. The maximum Gasteiger partial charge on any atom is 0.416 e. The highest BCUT2D eigenvalue weighted by atomic mass is 19.4. The Morgan fingerprint density at radius 3 is 1.14 bits per heavy atom. The van der Waals surface area contributed by atoms with Crippen molar-refractivity contribution >= 4 is 75.2 Å². The predicted octanol–water partition coefficient (Wildman–Crippen LogP) is 9.54. The monoisotopic (exact) mass is 957 g/mol. The van der Waals surface area contributed by atoms with Crippen LogP contribution in [0.5, 0.6) is 34.5 Å². The maximum atomic E-state index is 14.1. The molecule has 0 fully saturated rings. The van der Waals surface area contributed by atoms with Crippen LogP contribution in [0.4, 0.5) is 69.7 Å². The number of ether oxygens (including phenoxy) is 4. The second kappa shape index (κ2) is 14.8. The zero-order chi connectivity index (χ0) is 48.7. The van der Waals surface area contributed by atoms with Crippen molar-refractivity contribution in [1.29, 1.82) is 0 Å². The number of alkyl halides is 12. The third-order valence-electron chi connectivity index (χ3n) is 12.2. The molecule has 0 spiro atoms. The number of benzene rings is 7. The Morgan fingerprint density at radius 1 is 0.435 bits per heavy atom. The Bertz CT molecular complexity index is 3110. The molecule has 7 nitrogen and oxygen atoms in total. The molecule has 0 radical (unpaired) electrons. The lowest BCUT2D eigenvalue weighted by Gasteiger charge is -2.46. The fourth-order valence-electron chi connectivity index (χ4n) is 9.44. The van der Waals surface area contributed by atoms with E-state index in [1.807, 2.05) is 12.1 Å². The summed E-state index contributed by atoms with van der Waals surface area (Å²) in [7, 11) is 0. The van der Waals surface area contributed by atoms with Crippen LogP contribution in [0.3, 0.4) is 0 Å². The van der Waals surface area contributed by atoms with Gasteiger partial charge in [0.05, 0.1) is 22.3 Å². The molecule has 0 atom stereocenters. The Morgan fingerprint density at radius 2 is 0.783 bits per heavy atom. The number of rotatable bonds is 4. The first-order chi connectivity index (χ1) is 32.6. The number of hydrogen-bond acceptors (Lipinski definition) is 7. The van der Waals surface area contributed by atoms with E-state index in [2.05, 4.69) is 0 Å². The minimum atomic E-state index is -5.24. The van der Waals surface area contributed by atoms with Crippen molar-refractivity contribution in [2.45, 2.75) is 24.7 Å². The van der Waals surface area contributed by atoms with Gasteiger partial charge in [0.25, 0.3) is 13.4 Å². The minimum absolute atomic E-state index is 0.110. The lowest BCUT2D eigenvalue weighted by Crippen LogP contribution is -2.66. The van der Waals surface area contributed by atoms with Crippen molar-refractivity contribution in [2.24, 2.45) is 0 Å². The first-order valence-electron chi connectivity index (χ1n) is 20.4. The first kappa shape index (κ1) is 43.7. The molecule has 11 rings (SSSR count). The SMILES string of the molecule is O=C(Oc1cc(C(F)(F)F)cc(C(F)(F)F)c1)c1ccc2c3c1Oc1ccccc1B3c1cccc3c1N2c1ccc(C(=O)Oc2cc(C(F)(F)F)cc(C(F)(F)F)c2)c2c1B3c1ccccc1O2. The Kier molecular flexibility index (Phi) is 9.40. The van der Waals surface area contributed by atoms with Crippen molar-refractivity contribution in [1.82, 2.24) is 0 Å². The van der Waals surface area contributed by atoms with Crippen LogP contribution in [-0.4, -0.2) is 25.4 Å². The third kappa shape index (κ3) is 7.03. The number of fused-ring (bicyclic) bond motifs is 8. The zero-order valence-corrected chi connectivity index (χ0v) is 34.2. The highest BCUT2D eigenvalue weighted by molar-refractivity contribution is 7.03. The van der Waals surface area contributed by atoms with Crippen LogP contribution in [0, 0.1) is 0 Å². The minimum Gasteiger partial charge on any atom is -0.457 e. The number of carbonyl (C=O) groups excluding carboxylic acids is 2. The second-order valence-corrected chi connectivity index (χ2v) is 16.3. The van der Waals surface area contributed by atoms with Gasteiger partial charge in [0, 0.05) is 17.1 Å². The van der Waals surface area contributed by atoms with Gasteiger partial charge < -0.3 is 23.8 Å². The van der Waals surface area contributed by atoms with Gasteiger partial charge in [-0.15, -0.1) is 0 Å². The average Bonchev–Trinajstić information content (AvgIpc) is 3.29. The van der Waals surface area contributed by atoms with Crippen LogP contribution in [0.1, 0.15) is 43.0 Å². The van der Waals surface area contributed by atoms with Gasteiger partial charge in [0.15, 0.2) is 0 Å². The molecule has 4 aliphatic rings. The number of para-hydroxylation sites is 3. The molecule has 7 aromatic rings. The van der Waals surface area contributed by atoms with Gasteiger partial charge in [-0.3, -0.25) is 0 Å². The lowest BCUT2D eigenvalue weighted by molar-refractivity contribution is -0.144. The molecule has 4 aliphatic heterocycles. The Labute approximate surface area is 380 Å². The number of carbonyl (C=O) groups is 2.